The topological polar surface area (TPSA) is 26.3 Å². The van der Waals surface area contributed by atoms with Crippen molar-refractivity contribution in [3.05, 3.63) is 0 Å². The van der Waals surface area contributed by atoms with Crippen molar-refractivity contribution in [3.63, 3.8) is 0 Å². The predicted molar refractivity (Wildman–Crippen MR) is 49.9 cm³/mol. The Bertz CT molecular complexity index is 146. The molecule has 0 N–H and O–H groups in total. The van der Waals surface area contributed by atoms with Crippen LogP contribution in [0.4, 0.5) is 0 Å². The molecule has 0 heterocycles. The zero-order chi connectivity index (χ0) is 9.78. The molecule has 0 aromatic carbocycles. The summed E-state index contributed by atoms with van der Waals surface area (Å²) in [7, 11) is 0. The van der Waals surface area contributed by atoms with Crippen molar-refractivity contribution < 1.29 is 9.53 Å². The molecule has 0 fully saturated rings. The predicted octanol–water partition coefficient (Wildman–Crippen LogP) is 2.76. The molecule has 0 unspecified atom stereocenters. The fourth-order valence-electron chi connectivity index (χ4n) is 0.755. The summed E-state index contributed by atoms with van der Waals surface area (Å²) in [5, 5.41) is 0. The molecule has 0 aliphatic rings. The van der Waals surface area contributed by atoms with Crippen LogP contribution >= 0.6 is 0 Å². The first-order valence-electron chi connectivity index (χ1n) is 4.68. The molecule has 0 amide bonds. The molecule has 0 radical (unpaired) electrons. The van der Waals surface area contributed by atoms with Gasteiger partial charge in [-0.1, -0.05) is 27.7 Å². The van der Waals surface area contributed by atoms with Crippen molar-refractivity contribution >= 4 is 5.97 Å². The van der Waals surface area contributed by atoms with Gasteiger partial charge in [0, 0.05) is 0 Å². The summed E-state index contributed by atoms with van der Waals surface area (Å²) < 4.78 is 5.36. The van der Waals surface area contributed by atoms with Gasteiger partial charge >= 0.3 is 5.97 Å². The Balaban J connectivity index is 4.12. The van der Waals surface area contributed by atoms with Crippen LogP contribution in [-0.4, -0.2) is 11.6 Å². The molecule has 0 saturated carbocycles. The van der Waals surface area contributed by atoms with E-state index in [9.17, 15) is 4.79 Å². The molecule has 2 nitrogen and oxygen atoms in total. The number of hydrogen-bond donors (Lipinski definition) is 0. The summed E-state index contributed by atoms with van der Waals surface area (Å²) in [4.78, 5) is 11.3. The molecule has 0 aliphatic carbocycles. The Kier molecular flexibility index (Phi) is 4.29. The summed E-state index contributed by atoms with van der Waals surface area (Å²) in [5.41, 5.74) is -0.263. The van der Waals surface area contributed by atoms with Gasteiger partial charge in [0.1, 0.15) is 5.60 Å². The second kappa shape index (κ2) is 4.48. The van der Waals surface area contributed by atoms with Crippen LogP contribution in [0.3, 0.4) is 0 Å². The highest BCUT2D eigenvalue weighted by Crippen LogP contribution is 2.20. The largest absolute Gasteiger partial charge is 0.459 e. The van der Waals surface area contributed by atoms with Gasteiger partial charge in [0.2, 0.25) is 0 Å². The third-order valence-electron chi connectivity index (χ3n) is 2.31. The zero-order valence-electron chi connectivity index (χ0n) is 8.81. The highest BCUT2D eigenvalue weighted by molar-refractivity contribution is 5.71. The number of carbonyl (C=O) groups excluding carboxylic acids is 1. The molecule has 0 saturated heterocycles. The van der Waals surface area contributed by atoms with Crippen LogP contribution in [0, 0.1) is 5.92 Å². The third kappa shape index (κ3) is 3.24. The second-order valence-corrected chi connectivity index (χ2v) is 3.73. The Morgan fingerprint density at radius 1 is 1.33 bits per heavy atom. The van der Waals surface area contributed by atoms with E-state index in [1.54, 1.807) is 0 Å². The minimum absolute atomic E-state index is 0.0255. The van der Waals surface area contributed by atoms with E-state index >= 15 is 0 Å². The molecular formula is C10H20O2. The number of carbonyl (C=O) groups is 1. The van der Waals surface area contributed by atoms with Gasteiger partial charge in [-0.05, 0) is 19.8 Å². The van der Waals surface area contributed by atoms with Crippen LogP contribution in [0.5, 0.6) is 0 Å². The second-order valence-electron chi connectivity index (χ2n) is 3.73. The van der Waals surface area contributed by atoms with Crippen molar-refractivity contribution in [2.75, 3.05) is 0 Å². The molecule has 0 atom stereocenters. The molecule has 12 heavy (non-hydrogen) atoms. The monoisotopic (exact) mass is 172 g/mol. The maximum Gasteiger partial charge on any atom is 0.308 e. The van der Waals surface area contributed by atoms with E-state index in [1.165, 1.54) is 0 Å². The van der Waals surface area contributed by atoms with E-state index in [2.05, 4.69) is 0 Å². The van der Waals surface area contributed by atoms with E-state index in [4.69, 9.17) is 4.74 Å². The molecular weight excluding hydrogens is 152 g/mol. The van der Waals surface area contributed by atoms with Gasteiger partial charge in [-0.15, -0.1) is 0 Å². The first kappa shape index (κ1) is 11.5. The van der Waals surface area contributed by atoms with Gasteiger partial charge in [-0.25, -0.2) is 0 Å². The summed E-state index contributed by atoms with van der Waals surface area (Å²) in [6.45, 7) is 9.77. The number of rotatable bonds is 4. The normalized spacial score (nSPS) is 11.8. The zero-order valence-corrected chi connectivity index (χ0v) is 8.81. The molecule has 0 aliphatic heterocycles. The van der Waals surface area contributed by atoms with E-state index in [0.717, 1.165) is 12.8 Å². The minimum Gasteiger partial charge on any atom is -0.459 e. The Morgan fingerprint density at radius 3 is 2.00 bits per heavy atom. The van der Waals surface area contributed by atoms with E-state index < -0.39 is 0 Å². The van der Waals surface area contributed by atoms with Crippen molar-refractivity contribution in [2.45, 2.75) is 53.1 Å². The van der Waals surface area contributed by atoms with Crippen LogP contribution in [0.2, 0.25) is 0 Å². The van der Waals surface area contributed by atoms with Crippen LogP contribution in [0.1, 0.15) is 47.5 Å². The van der Waals surface area contributed by atoms with Crippen LogP contribution < -0.4 is 0 Å². The quantitative estimate of drug-likeness (QED) is 0.609. The van der Waals surface area contributed by atoms with Crippen LogP contribution in [-0.2, 0) is 9.53 Å². The average molecular weight is 172 g/mol. The Labute approximate surface area is 75.3 Å². The van der Waals surface area contributed by atoms with Crippen molar-refractivity contribution in [1.29, 1.82) is 0 Å². The average Bonchev–Trinajstić information content (AvgIpc) is 2.04. The fourth-order valence-corrected chi connectivity index (χ4v) is 0.755. The lowest BCUT2D eigenvalue weighted by atomic mass is 10.00. The SMILES string of the molecule is CCC(C)(CC)OC(=O)C(C)C. The molecule has 0 spiro atoms. The molecule has 0 aromatic rings. The summed E-state index contributed by atoms with van der Waals surface area (Å²) >= 11 is 0. The first-order chi connectivity index (χ1) is 5.45. The maximum absolute atomic E-state index is 11.3. The van der Waals surface area contributed by atoms with Gasteiger partial charge in [-0.2, -0.15) is 0 Å². The Hall–Kier alpha value is -0.530. The van der Waals surface area contributed by atoms with E-state index in [1.807, 2.05) is 34.6 Å². The van der Waals surface area contributed by atoms with E-state index in [-0.39, 0.29) is 17.5 Å². The summed E-state index contributed by atoms with van der Waals surface area (Å²) in [6, 6.07) is 0. The van der Waals surface area contributed by atoms with Crippen molar-refractivity contribution in [3.8, 4) is 0 Å². The summed E-state index contributed by atoms with van der Waals surface area (Å²) in [6.07, 6.45) is 1.75. The number of hydrogen-bond acceptors (Lipinski definition) is 2. The van der Waals surface area contributed by atoms with Crippen molar-refractivity contribution in [2.24, 2.45) is 5.92 Å². The van der Waals surface area contributed by atoms with Crippen LogP contribution in [0.15, 0.2) is 0 Å². The van der Waals surface area contributed by atoms with Gasteiger partial charge in [0.15, 0.2) is 0 Å². The van der Waals surface area contributed by atoms with E-state index in [0.29, 0.717) is 0 Å². The minimum atomic E-state index is -0.263. The molecule has 0 aromatic heterocycles. The fraction of sp³-hybridized carbons (Fsp3) is 0.900. The third-order valence-corrected chi connectivity index (χ3v) is 2.31. The van der Waals surface area contributed by atoms with Crippen LogP contribution in [0.25, 0.3) is 0 Å². The van der Waals surface area contributed by atoms with Crippen molar-refractivity contribution in [1.82, 2.24) is 0 Å². The maximum atomic E-state index is 11.3. The molecule has 0 rings (SSSR count). The molecule has 0 bridgehead atoms. The van der Waals surface area contributed by atoms with Gasteiger partial charge in [0.25, 0.3) is 0 Å². The lowest BCUT2D eigenvalue weighted by molar-refractivity contribution is -0.162. The number of ether oxygens (including phenoxy) is 1. The standard InChI is InChI=1S/C10H20O2/c1-6-10(5,7-2)12-9(11)8(3)4/h8H,6-7H2,1-5H3. The van der Waals surface area contributed by atoms with Gasteiger partial charge in [0.05, 0.1) is 5.92 Å². The lowest BCUT2D eigenvalue weighted by Gasteiger charge is -2.27. The highest BCUT2D eigenvalue weighted by Gasteiger charge is 2.25. The number of esters is 1. The Morgan fingerprint density at radius 2 is 1.75 bits per heavy atom. The van der Waals surface area contributed by atoms with Gasteiger partial charge < -0.3 is 4.74 Å². The summed E-state index contributed by atoms with van der Waals surface area (Å²) in [5.74, 6) is -0.122. The van der Waals surface area contributed by atoms with Gasteiger partial charge in [-0.3, -0.25) is 4.79 Å². The molecule has 72 valence electrons. The highest BCUT2D eigenvalue weighted by atomic mass is 16.6. The smallest absolute Gasteiger partial charge is 0.308 e. The first-order valence-corrected chi connectivity index (χ1v) is 4.68. The molecule has 2 heteroatoms. The lowest BCUT2D eigenvalue weighted by Crippen LogP contribution is -2.31.